The Kier molecular flexibility index (Phi) is 6.16. The first-order valence-corrected chi connectivity index (χ1v) is 12.9. The van der Waals surface area contributed by atoms with Gasteiger partial charge in [-0.05, 0) is 47.4 Å². The lowest BCUT2D eigenvalue weighted by Gasteiger charge is -2.35. The highest BCUT2D eigenvalue weighted by Gasteiger charge is 2.64. The van der Waals surface area contributed by atoms with Crippen LogP contribution in [0.15, 0.2) is 79.0 Å². The Morgan fingerprint density at radius 3 is 2.50 bits per heavy atom. The molecule has 0 saturated carbocycles. The maximum atomic E-state index is 13.9. The zero-order valence-electron chi connectivity index (χ0n) is 20.7. The van der Waals surface area contributed by atoms with Crippen molar-refractivity contribution in [3.8, 4) is 5.75 Å². The lowest BCUT2D eigenvalue weighted by atomic mass is 9.84. The molecule has 7 nitrogen and oxygen atoms in total. The second kappa shape index (κ2) is 9.65. The van der Waals surface area contributed by atoms with Gasteiger partial charge >= 0.3 is 0 Å². The van der Waals surface area contributed by atoms with E-state index in [0.717, 1.165) is 16.7 Å². The number of anilines is 1. The van der Waals surface area contributed by atoms with Crippen LogP contribution in [0.1, 0.15) is 22.7 Å². The monoisotopic (exact) mass is 527 g/mol. The summed E-state index contributed by atoms with van der Waals surface area (Å²) in [6.07, 6.45) is 4.31. The van der Waals surface area contributed by atoms with Crippen molar-refractivity contribution in [2.45, 2.75) is 18.5 Å². The molecule has 0 radical (unpaired) electrons. The first-order chi connectivity index (χ1) is 18.5. The number of fused-ring (bicyclic) bond motifs is 5. The summed E-state index contributed by atoms with van der Waals surface area (Å²) in [5.41, 5.74) is 3.36. The van der Waals surface area contributed by atoms with Gasteiger partial charge in [0.2, 0.25) is 17.7 Å². The van der Waals surface area contributed by atoms with Crippen molar-refractivity contribution in [1.82, 2.24) is 9.80 Å². The lowest BCUT2D eigenvalue weighted by molar-refractivity contribution is -0.142. The Morgan fingerprint density at radius 2 is 1.71 bits per heavy atom. The molecule has 38 heavy (non-hydrogen) atoms. The number of benzene rings is 3. The number of likely N-dealkylation sites (tertiary alicyclic amines) is 1. The fourth-order valence-electron chi connectivity index (χ4n) is 6.01. The number of hydrogen-bond acceptors (Lipinski definition) is 5. The number of nitrogens with one attached hydrogen (secondary N) is 1. The summed E-state index contributed by atoms with van der Waals surface area (Å²) < 4.78 is 5.40. The van der Waals surface area contributed by atoms with Crippen LogP contribution < -0.4 is 10.1 Å². The van der Waals surface area contributed by atoms with E-state index in [0.29, 0.717) is 22.9 Å². The molecule has 0 bridgehead atoms. The number of carbonyl (C=O) groups is 3. The van der Waals surface area contributed by atoms with E-state index in [9.17, 15) is 14.4 Å². The van der Waals surface area contributed by atoms with E-state index in [-0.39, 0.29) is 18.4 Å². The molecule has 3 aromatic rings. The van der Waals surface area contributed by atoms with Gasteiger partial charge in [-0.2, -0.15) is 0 Å². The third-order valence-electron chi connectivity index (χ3n) is 7.71. The van der Waals surface area contributed by atoms with Gasteiger partial charge in [-0.15, -0.1) is 0 Å². The van der Waals surface area contributed by atoms with Crippen molar-refractivity contribution in [1.29, 1.82) is 0 Å². The molecule has 3 aliphatic rings. The van der Waals surface area contributed by atoms with Gasteiger partial charge in [0.25, 0.3) is 0 Å². The summed E-state index contributed by atoms with van der Waals surface area (Å²) in [4.78, 5) is 44.8. The van der Waals surface area contributed by atoms with Crippen molar-refractivity contribution in [3.63, 3.8) is 0 Å². The van der Waals surface area contributed by atoms with Gasteiger partial charge in [-0.25, -0.2) is 0 Å². The average Bonchev–Trinajstić information content (AvgIpc) is 3.40. The number of amides is 3. The first-order valence-electron chi connectivity index (χ1n) is 12.6. The highest BCUT2D eigenvalue weighted by atomic mass is 35.5. The molecule has 1 N–H and O–H groups in total. The number of hydrogen-bond donors (Lipinski definition) is 1. The van der Waals surface area contributed by atoms with Crippen LogP contribution in [-0.2, 0) is 20.8 Å². The summed E-state index contributed by atoms with van der Waals surface area (Å²) >= 11 is 6.19. The summed E-state index contributed by atoms with van der Waals surface area (Å²) in [7, 11) is 1.51. The van der Waals surface area contributed by atoms with Crippen molar-refractivity contribution in [2.75, 3.05) is 19.0 Å². The summed E-state index contributed by atoms with van der Waals surface area (Å²) in [5, 5.41) is 3.36. The number of imide groups is 1. The van der Waals surface area contributed by atoms with Crippen molar-refractivity contribution in [2.24, 2.45) is 11.8 Å². The number of carbonyl (C=O) groups excluding carboxylic acids is 3. The predicted octanol–water partition coefficient (Wildman–Crippen LogP) is 4.54. The van der Waals surface area contributed by atoms with Gasteiger partial charge < -0.3 is 15.0 Å². The minimum absolute atomic E-state index is 0.230. The summed E-state index contributed by atoms with van der Waals surface area (Å²) in [6, 6.07) is 21.2. The molecule has 2 saturated heterocycles. The van der Waals surface area contributed by atoms with Gasteiger partial charge in [0.15, 0.2) is 0 Å². The molecule has 6 rings (SSSR count). The van der Waals surface area contributed by atoms with E-state index in [4.69, 9.17) is 16.3 Å². The third-order valence-corrected chi connectivity index (χ3v) is 7.94. The van der Waals surface area contributed by atoms with E-state index in [1.54, 1.807) is 18.2 Å². The second-order valence-corrected chi connectivity index (χ2v) is 10.2. The highest BCUT2D eigenvalue weighted by Crippen LogP contribution is 2.52. The van der Waals surface area contributed by atoms with E-state index in [1.165, 1.54) is 12.0 Å². The summed E-state index contributed by atoms with van der Waals surface area (Å²) in [6.45, 7) is 0.273. The molecule has 0 aliphatic carbocycles. The summed E-state index contributed by atoms with van der Waals surface area (Å²) in [5.74, 6) is -1.96. The quantitative estimate of drug-likeness (QED) is 0.476. The van der Waals surface area contributed by atoms with Gasteiger partial charge in [0.05, 0.1) is 30.7 Å². The molecule has 0 unspecified atom stereocenters. The number of rotatable bonds is 6. The van der Waals surface area contributed by atoms with Crippen LogP contribution in [0.2, 0.25) is 5.02 Å². The largest absolute Gasteiger partial charge is 0.495 e. The fourth-order valence-corrected chi connectivity index (χ4v) is 6.18. The lowest BCUT2D eigenvalue weighted by Crippen LogP contribution is -2.46. The van der Waals surface area contributed by atoms with E-state index in [1.807, 2.05) is 71.8 Å². The molecule has 2 fully saturated rings. The van der Waals surface area contributed by atoms with Crippen LogP contribution in [0.3, 0.4) is 0 Å². The normalized spacial score (nSPS) is 23.2. The van der Waals surface area contributed by atoms with Gasteiger partial charge in [0, 0.05) is 17.8 Å². The molecule has 4 atom stereocenters. The van der Waals surface area contributed by atoms with Crippen LogP contribution in [0, 0.1) is 11.8 Å². The Bertz CT molecular complexity index is 1460. The van der Waals surface area contributed by atoms with Crippen LogP contribution in [-0.4, -0.2) is 47.2 Å². The topological polar surface area (TPSA) is 79.0 Å². The third kappa shape index (κ3) is 3.94. The van der Waals surface area contributed by atoms with Crippen LogP contribution in [0.25, 0.3) is 6.08 Å². The maximum absolute atomic E-state index is 13.9. The Labute approximate surface area is 225 Å². The standard InChI is InChI=1S/C30H26ClN3O4/c1-38-23-12-11-20(31)17-22(23)32-28(35)27-25-24(26-21-10-6-5-9-19(21)14-16-33(26)27)29(36)34(30(25)37)15-13-18-7-3-2-4-8-18/h2-12,14,16-17,24-27H,13,15H2,1H3,(H,32,35)/t24-,25+,26-,27-/m0/s1. The van der Waals surface area contributed by atoms with Crippen LogP contribution in [0.4, 0.5) is 5.69 Å². The zero-order valence-corrected chi connectivity index (χ0v) is 21.5. The van der Waals surface area contributed by atoms with Crippen molar-refractivity contribution in [3.05, 3.63) is 101 Å². The first kappa shape index (κ1) is 24.2. The number of nitrogens with zero attached hydrogens (tertiary/aromatic N) is 2. The maximum Gasteiger partial charge on any atom is 0.248 e. The average molecular weight is 528 g/mol. The van der Waals surface area contributed by atoms with Gasteiger partial charge in [-0.1, -0.05) is 66.2 Å². The number of halogens is 1. The highest BCUT2D eigenvalue weighted by molar-refractivity contribution is 6.31. The molecule has 3 amide bonds. The van der Waals surface area contributed by atoms with E-state index in [2.05, 4.69) is 5.32 Å². The zero-order chi connectivity index (χ0) is 26.4. The predicted molar refractivity (Wildman–Crippen MR) is 144 cm³/mol. The molecule has 8 heteroatoms. The van der Waals surface area contributed by atoms with E-state index < -0.39 is 29.8 Å². The number of ether oxygens (including phenoxy) is 1. The second-order valence-electron chi connectivity index (χ2n) is 9.73. The number of methoxy groups -OCH3 is 1. The molecule has 3 aliphatic heterocycles. The molecule has 3 aromatic carbocycles. The Morgan fingerprint density at radius 1 is 0.974 bits per heavy atom. The van der Waals surface area contributed by atoms with E-state index >= 15 is 0 Å². The SMILES string of the molecule is COc1ccc(Cl)cc1NC(=O)[C@@H]1[C@@H]2C(=O)N(CCc3ccccc3)C(=O)[C@@H]2[C@@H]2c3ccccc3C=CN12. The molecular formula is C30H26ClN3O4. The Hall–Kier alpha value is -4.10. The minimum Gasteiger partial charge on any atom is -0.495 e. The van der Waals surface area contributed by atoms with Crippen LogP contribution >= 0.6 is 11.6 Å². The molecule has 3 heterocycles. The fraction of sp³-hybridized carbons (Fsp3) is 0.233. The Balaban J connectivity index is 1.36. The molecule has 0 aromatic heterocycles. The minimum atomic E-state index is -0.878. The van der Waals surface area contributed by atoms with Crippen molar-refractivity contribution >= 4 is 41.1 Å². The smallest absolute Gasteiger partial charge is 0.248 e. The van der Waals surface area contributed by atoms with Gasteiger partial charge in [0.1, 0.15) is 11.8 Å². The molecule has 192 valence electrons. The molecule has 0 spiro atoms. The van der Waals surface area contributed by atoms with Crippen molar-refractivity contribution < 1.29 is 19.1 Å². The van der Waals surface area contributed by atoms with Crippen LogP contribution in [0.5, 0.6) is 5.75 Å². The molecular weight excluding hydrogens is 502 g/mol. The van der Waals surface area contributed by atoms with Gasteiger partial charge in [-0.3, -0.25) is 19.3 Å².